The van der Waals surface area contributed by atoms with Gasteiger partial charge in [0.15, 0.2) is 0 Å². The SMILES string of the molecule is CCOc1cc(CC)ccc1NC(=O)c1ccccc1-c1ccc(C(F)(F)F)cc1.O=CO. The Hall–Kier alpha value is -3.81. The van der Waals surface area contributed by atoms with Crippen molar-refractivity contribution < 1.29 is 32.6 Å². The quantitative estimate of drug-likeness (QED) is 0.425. The summed E-state index contributed by atoms with van der Waals surface area (Å²) in [5, 5.41) is 9.75. The summed E-state index contributed by atoms with van der Waals surface area (Å²) >= 11 is 0. The van der Waals surface area contributed by atoms with Gasteiger partial charge in [0.2, 0.25) is 0 Å². The van der Waals surface area contributed by atoms with Crippen LogP contribution in [0.25, 0.3) is 11.1 Å². The lowest BCUT2D eigenvalue weighted by Crippen LogP contribution is -2.14. The maximum atomic E-state index is 13.0. The highest BCUT2D eigenvalue weighted by Crippen LogP contribution is 2.32. The molecule has 0 aliphatic heterocycles. The number of ether oxygens (including phenoxy) is 1. The number of anilines is 1. The molecule has 0 unspecified atom stereocenters. The zero-order chi connectivity index (χ0) is 24.4. The number of hydrogen-bond acceptors (Lipinski definition) is 3. The van der Waals surface area contributed by atoms with E-state index in [0.29, 0.717) is 34.7 Å². The molecule has 2 N–H and O–H groups in total. The van der Waals surface area contributed by atoms with Crippen LogP contribution < -0.4 is 10.1 Å². The first kappa shape index (κ1) is 25.5. The van der Waals surface area contributed by atoms with Gasteiger partial charge in [-0.25, -0.2) is 0 Å². The minimum atomic E-state index is -4.41. The van der Waals surface area contributed by atoms with Crippen molar-refractivity contribution >= 4 is 18.1 Å². The third-order valence-corrected chi connectivity index (χ3v) is 4.70. The Bertz CT molecular complexity index is 1080. The van der Waals surface area contributed by atoms with E-state index in [4.69, 9.17) is 14.6 Å². The fourth-order valence-electron chi connectivity index (χ4n) is 3.13. The zero-order valence-corrected chi connectivity index (χ0v) is 18.1. The molecule has 0 radical (unpaired) electrons. The number of amides is 1. The van der Waals surface area contributed by atoms with Crippen molar-refractivity contribution in [1.29, 1.82) is 0 Å². The lowest BCUT2D eigenvalue weighted by molar-refractivity contribution is -0.137. The standard InChI is InChI=1S/C24H22F3NO2.CH2O2/c1-3-16-9-14-21(22(15-16)30-4-2)28-23(29)20-8-6-5-7-19(20)17-10-12-18(13-11-17)24(25,26)27;2-1-3/h5-15H,3-4H2,1-2H3,(H,28,29);1H,(H,2,3). The molecule has 0 fully saturated rings. The number of hydrogen-bond donors (Lipinski definition) is 2. The molecule has 3 aromatic rings. The lowest BCUT2D eigenvalue weighted by atomic mass is 9.98. The van der Waals surface area contributed by atoms with Gasteiger partial charge in [-0.2, -0.15) is 13.2 Å². The van der Waals surface area contributed by atoms with Crippen LogP contribution in [0.15, 0.2) is 66.7 Å². The predicted molar refractivity (Wildman–Crippen MR) is 121 cm³/mol. The molecular formula is C25H24F3NO4. The van der Waals surface area contributed by atoms with Gasteiger partial charge < -0.3 is 15.2 Å². The van der Waals surface area contributed by atoms with Gasteiger partial charge in [0.05, 0.1) is 17.9 Å². The number of carbonyl (C=O) groups is 2. The minimum absolute atomic E-state index is 0.250. The van der Waals surface area contributed by atoms with Crippen molar-refractivity contribution in [2.75, 3.05) is 11.9 Å². The molecule has 0 atom stereocenters. The number of alkyl halides is 3. The van der Waals surface area contributed by atoms with E-state index in [1.165, 1.54) is 12.1 Å². The number of benzene rings is 3. The maximum Gasteiger partial charge on any atom is 0.416 e. The molecule has 0 aromatic heterocycles. The molecule has 0 heterocycles. The van der Waals surface area contributed by atoms with E-state index in [0.717, 1.165) is 24.1 Å². The van der Waals surface area contributed by atoms with Gasteiger partial charge in [-0.15, -0.1) is 0 Å². The zero-order valence-electron chi connectivity index (χ0n) is 18.1. The lowest BCUT2D eigenvalue weighted by Gasteiger charge is -2.15. The normalized spacial score (nSPS) is 10.6. The van der Waals surface area contributed by atoms with Crippen LogP contribution in [0.4, 0.5) is 18.9 Å². The first-order chi connectivity index (χ1) is 15.7. The van der Waals surface area contributed by atoms with Crippen LogP contribution in [0.1, 0.15) is 35.3 Å². The van der Waals surface area contributed by atoms with Crippen molar-refractivity contribution in [3.63, 3.8) is 0 Å². The molecule has 0 bridgehead atoms. The third kappa shape index (κ3) is 6.83. The highest BCUT2D eigenvalue weighted by molar-refractivity contribution is 6.09. The molecule has 0 aliphatic rings. The van der Waals surface area contributed by atoms with Gasteiger partial charge in [0.1, 0.15) is 5.75 Å². The molecule has 3 aromatic carbocycles. The van der Waals surface area contributed by atoms with Crippen LogP contribution >= 0.6 is 0 Å². The summed E-state index contributed by atoms with van der Waals surface area (Å²) in [6.45, 7) is 4.10. The van der Waals surface area contributed by atoms with Gasteiger partial charge in [0.25, 0.3) is 12.4 Å². The van der Waals surface area contributed by atoms with E-state index in [-0.39, 0.29) is 12.4 Å². The van der Waals surface area contributed by atoms with Crippen LogP contribution in [0.2, 0.25) is 0 Å². The molecule has 0 saturated heterocycles. The Morgan fingerprint density at radius 2 is 1.67 bits per heavy atom. The van der Waals surface area contributed by atoms with Crippen molar-refractivity contribution in [3.05, 3.63) is 83.4 Å². The van der Waals surface area contributed by atoms with Crippen molar-refractivity contribution in [2.24, 2.45) is 0 Å². The summed E-state index contributed by atoms with van der Waals surface area (Å²) < 4.78 is 44.2. The Morgan fingerprint density at radius 1 is 1.03 bits per heavy atom. The van der Waals surface area contributed by atoms with E-state index >= 15 is 0 Å². The van der Waals surface area contributed by atoms with Gasteiger partial charge >= 0.3 is 6.18 Å². The van der Waals surface area contributed by atoms with Gasteiger partial charge in [0, 0.05) is 5.56 Å². The molecule has 174 valence electrons. The van der Waals surface area contributed by atoms with Crippen LogP contribution in [0.5, 0.6) is 5.75 Å². The first-order valence-corrected chi connectivity index (χ1v) is 10.2. The Labute approximate surface area is 189 Å². The summed E-state index contributed by atoms with van der Waals surface area (Å²) in [5.41, 5.74) is 2.33. The number of carboxylic acid groups (broad SMARTS) is 1. The number of nitrogens with one attached hydrogen (secondary N) is 1. The van der Waals surface area contributed by atoms with E-state index in [9.17, 15) is 18.0 Å². The van der Waals surface area contributed by atoms with E-state index in [1.54, 1.807) is 30.3 Å². The number of rotatable bonds is 6. The van der Waals surface area contributed by atoms with Gasteiger partial charge in [-0.3, -0.25) is 9.59 Å². The summed E-state index contributed by atoms with van der Waals surface area (Å²) in [7, 11) is 0. The second-order valence-corrected chi connectivity index (χ2v) is 6.80. The summed E-state index contributed by atoms with van der Waals surface area (Å²) in [6, 6.07) is 17.2. The van der Waals surface area contributed by atoms with Crippen LogP contribution in [-0.4, -0.2) is 24.1 Å². The largest absolute Gasteiger partial charge is 0.492 e. The molecular weight excluding hydrogens is 435 g/mol. The fourth-order valence-corrected chi connectivity index (χ4v) is 3.13. The molecule has 3 rings (SSSR count). The number of carbonyl (C=O) groups excluding carboxylic acids is 1. The van der Waals surface area contributed by atoms with Crippen LogP contribution in [-0.2, 0) is 17.4 Å². The average molecular weight is 459 g/mol. The highest BCUT2D eigenvalue weighted by Gasteiger charge is 2.30. The average Bonchev–Trinajstić information content (AvgIpc) is 2.80. The minimum Gasteiger partial charge on any atom is -0.492 e. The summed E-state index contributed by atoms with van der Waals surface area (Å²) in [4.78, 5) is 21.4. The molecule has 8 heteroatoms. The van der Waals surface area contributed by atoms with Gasteiger partial charge in [-0.05, 0) is 60.4 Å². The Kier molecular flexibility index (Phi) is 9.03. The molecule has 33 heavy (non-hydrogen) atoms. The van der Waals surface area contributed by atoms with Crippen LogP contribution in [0.3, 0.4) is 0 Å². The third-order valence-electron chi connectivity index (χ3n) is 4.70. The second-order valence-electron chi connectivity index (χ2n) is 6.80. The monoisotopic (exact) mass is 459 g/mol. The van der Waals surface area contributed by atoms with Crippen LogP contribution in [0, 0.1) is 0 Å². The Morgan fingerprint density at radius 3 is 2.24 bits per heavy atom. The topological polar surface area (TPSA) is 75.6 Å². The summed E-state index contributed by atoms with van der Waals surface area (Å²) in [5.74, 6) is 0.216. The molecule has 5 nitrogen and oxygen atoms in total. The number of aryl methyl sites for hydroxylation is 1. The molecule has 0 saturated carbocycles. The van der Waals surface area contributed by atoms with Crippen molar-refractivity contribution in [1.82, 2.24) is 0 Å². The highest BCUT2D eigenvalue weighted by atomic mass is 19.4. The van der Waals surface area contributed by atoms with E-state index in [2.05, 4.69) is 5.32 Å². The maximum absolute atomic E-state index is 13.0. The molecule has 0 spiro atoms. The van der Waals surface area contributed by atoms with Crippen molar-refractivity contribution in [3.8, 4) is 16.9 Å². The predicted octanol–water partition coefficient (Wildman–Crippen LogP) is 6.29. The number of halogens is 3. The molecule has 1 amide bonds. The van der Waals surface area contributed by atoms with E-state index < -0.39 is 11.7 Å². The Balaban J connectivity index is 0.00000122. The van der Waals surface area contributed by atoms with Crippen molar-refractivity contribution in [2.45, 2.75) is 26.4 Å². The van der Waals surface area contributed by atoms with Gasteiger partial charge in [-0.1, -0.05) is 43.3 Å². The first-order valence-electron chi connectivity index (χ1n) is 10.2. The second kappa shape index (κ2) is 11.7. The summed E-state index contributed by atoms with van der Waals surface area (Å²) in [6.07, 6.45) is -3.57. The van der Waals surface area contributed by atoms with E-state index in [1.807, 2.05) is 26.0 Å². The smallest absolute Gasteiger partial charge is 0.416 e. The molecule has 0 aliphatic carbocycles. The fraction of sp³-hybridized carbons (Fsp3) is 0.200.